The van der Waals surface area contributed by atoms with Crippen molar-refractivity contribution in [3.8, 4) is 0 Å². The molecule has 2 aliphatic rings. The molecule has 0 radical (unpaired) electrons. The van der Waals surface area contributed by atoms with Crippen LogP contribution in [-0.4, -0.2) is 13.1 Å². The van der Waals surface area contributed by atoms with Crippen LogP contribution in [0.5, 0.6) is 0 Å². The maximum atomic E-state index is 4.18. The molecule has 1 N–H and O–H groups in total. The lowest BCUT2D eigenvalue weighted by atomic mass is 9.54. The average Bonchev–Trinajstić information content (AvgIpc) is 3.05. The third kappa shape index (κ3) is 6.60. The predicted octanol–water partition coefficient (Wildman–Crippen LogP) is 8.64. The summed E-state index contributed by atoms with van der Waals surface area (Å²) in [4.78, 5) is 0. The molecule has 0 aromatic carbocycles. The van der Waals surface area contributed by atoms with Gasteiger partial charge in [-0.2, -0.15) is 0 Å². The van der Waals surface area contributed by atoms with E-state index in [0.717, 1.165) is 35.5 Å². The molecule has 0 aromatic heterocycles. The first kappa shape index (κ1) is 26.0. The Bertz CT molecular complexity index is 483. The fraction of sp³-hybridized carbons (Fsp3) is 0.931. The molecule has 2 saturated carbocycles. The highest BCUT2D eigenvalue weighted by Gasteiger charge is 2.53. The molecule has 176 valence electrons. The molecule has 0 heterocycles. The fourth-order valence-electron chi connectivity index (χ4n) is 7.54. The summed E-state index contributed by atoms with van der Waals surface area (Å²) < 4.78 is 0. The molecule has 2 aliphatic carbocycles. The summed E-state index contributed by atoms with van der Waals surface area (Å²) in [6.07, 6.45) is 20.6. The van der Waals surface area contributed by atoms with E-state index >= 15 is 0 Å². The molecule has 0 aromatic rings. The Labute approximate surface area is 190 Å². The molecule has 7 atom stereocenters. The first-order chi connectivity index (χ1) is 14.4. The van der Waals surface area contributed by atoms with Crippen LogP contribution in [0.3, 0.4) is 0 Å². The van der Waals surface area contributed by atoms with Gasteiger partial charge < -0.3 is 5.32 Å². The van der Waals surface area contributed by atoms with Crippen molar-refractivity contribution in [3.05, 3.63) is 12.7 Å². The van der Waals surface area contributed by atoms with E-state index in [1.165, 1.54) is 83.5 Å². The third-order valence-electron chi connectivity index (χ3n) is 9.46. The van der Waals surface area contributed by atoms with Gasteiger partial charge in [0.1, 0.15) is 0 Å². The first-order valence-corrected chi connectivity index (χ1v) is 13.6. The van der Waals surface area contributed by atoms with Gasteiger partial charge in [0, 0.05) is 6.04 Å². The van der Waals surface area contributed by atoms with E-state index in [-0.39, 0.29) is 0 Å². The molecule has 30 heavy (non-hydrogen) atoms. The highest BCUT2D eigenvalue weighted by atomic mass is 14.9. The van der Waals surface area contributed by atoms with Gasteiger partial charge in [0.05, 0.1) is 0 Å². The lowest BCUT2D eigenvalue weighted by Gasteiger charge is -2.50. The smallest absolute Gasteiger partial charge is 0.00640 e. The zero-order valence-electron chi connectivity index (χ0n) is 21.5. The molecule has 0 aliphatic heterocycles. The zero-order chi connectivity index (χ0) is 22.1. The standard InChI is InChI=1S/C29H55N/c1-8-12-25(30-7)18-16-23(5)26-20-21-29(6)24(15-11-10-14-22(3)4)17-19-28(29)27(26)13-9-2/h9,22-28,30H,2,8,10-21H2,1,3-7H3. The van der Waals surface area contributed by atoms with Crippen molar-refractivity contribution in [2.45, 2.75) is 124 Å². The van der Waals surface area contributed by atoms with Crippen LogP contribution in [0.25, 0.3) is 0 Å². The normalized spacial score (nSPS) is 33.4. The third-order valence-corrected chi connectivity index (χ3v) is 9.46. The summed E-state index contributed by atoms with van der Waals surface area (Å²) in [5, 5.41) is 3.56. The number of unbranched alkanes of at least 4 members (excludes halogenated alkanes) is 1. The molecule has 0 bridgehead atoms. The topological polar surface area (TPSA) is 12.0 Å². The van der Waals surface area contributed by atoms with E-state index in [9.17, 15) is 0 Å². The SMILES string of the molecule is C=CCC1C(C(C)CCC(CCC)NC)CCC2(C)C(CCCCC(C)C)CCC12. The molecule has 2 rings (SSSR count). The van der Waals surface area contributed by atoms with Gasteiger partial charge in [0.25, 0.3) is 0 Å². The van der Waals surface area contributed by atoms with E-state index in [1.807, 2.05) is 0 Å². The van der Waals surface area contributed by atoms with Crippen LogP contribution in [0.2, 0.25) is 0 Å². The van der Waals surface area contributed by atoms with E-state index < -0.39 is 0 Å². The van der Waals surface area contributed by atoms with Crippen molar-refractivity contribution >= 4 is 0 Å². The van der Waals surface area contributed by atoms with Gasteiger partial charge in [-0.3, -0.25) is 0 Å². The maximum Gasteiger partial charge on any atom is 0.00640 e. The highest BCUT2D eigenvalue weighted by Crippen LogP contribution is 2.62. The molecular weight excluding hydrogens is 362 g/mol. The van der Waals surface area contributed by atoms with Crippen molar-refractivity contribution in [2.24, 2.45) is 40.9 Å². The summed E-state index contributed by atoms with van der Waals surface area (Å²) in [5.74, 6) is 5.46. The van der Waals surface area contributed by atoms with Crippen LogP contribution in [-0.2, 0) is 0 Å². The van der Waals surface area contributed by atoms with Gasteiger partial charge in [-0.15, -0.1) is 6.58 Å². The number of rotatable bonds is 14. The Balaban J connectivity index is 1.98. The quantitative estimate of drug-likeness (QED) is 0.220. The monoisotopic (exact) mass is 417 g/mol. The van der Waals surface area contributed by atoms with Crippen molar-refractivity contribution in [1.29, 1.82) is 0 Å². The van der Waals surface area contributed by atoms with Gasteiger partial charge in [-0.25, -0.2) is 0 Å². The minimum atomic E-state index is 0.609. The minimum absolute atomic E-state index is 0.609. The van der Waals surface area contributed by atoms with Crippen molar-refractivity contribution in [2.75, 3.05) is 7.05 Å². The second-order valence-corrected chi connectivity index (χ2v) is 11.8. The number of hydrogen-bond donors (Lipinski definition) is 1. The average molecular weight is 418 g/mol. The summed E-state index contributed by atoms with van der Waals surface area (Å²) >= 11 is 0. The van der Waals surface area contributed by atoms with Crippen LogP contribution < -0.4 is 5.32 Å². The molecule has 0 amide bonds. The van der Waals surface area contributed by atoms with E-state index in [0.29, 0.717) is 11.5 Å². The summed E-state index contributed by atoms with van der Waals surface area (Å²) in [6, 6.07) is 0.714. The van der Waals surface area contributed by atoms with Gasteiger partial charge in [0.2, 0.25) is 0 Å². The number of hydrogen-bond acceptors (Lipinski definition) is 1. The van der Waals surface area contributed by atoms with E-state index in [2.05, 4.69) is 59.6 Å². The lowest BCUT2D eigenvalue weighted by Crippen LogP contribution is -2.43. The largest absolute Gasteiger partial charge is 0.317 e. The second kappa shape index (κ2) is 12.7. The number of nitrogens with one attached hydrogen (secondary N) is 1. The number of allylic oxidation sites excluding steroid dienone is 1. The molecule has 1 heteroatoms. The zero-order valence-corrected chi connectivity index (χ0v) is 21.5. The van der Waals surface area contributed by atoms with E-state index in [4.69, 9.17) is 0 Å². The molecule has 7 unspecified atom stereocenters. The summed E-state index contributed by atoms with van der Waals surface area (Å²) in [6.45, 7) is 16.5. The number of fused-ring (bicyclic) bond motifs is 1. The minimum Gasteiger partial charge on any atom is -0.317 e. The fourth-order valence-corrected chi connectivity index (χ4v) is 7.54. The van der Waals surface area contributed by atoms with Gasteiger partial charge in [0.15, 0.2) is 0 Å². The van der Waals surface area contributed by atoms with Gasteiger partial charge in [-0.1, -0.05) is 66.4 Å². The van der Waals surface area contributed by atoms with Crippen LogP contribution in [0.4, 0.5) is 0 Å². The predicted molar refractivity (Wildman–Crippen MR) is 135 cm³/mol. The van der Waals surface area contributed by atoms with Crippen molar-refractivity contribution in [1.82, 2.24) is 5.32 Å². The summed E-state index contributed by atoms with van der Waals surface area (Å²) in [5.41, 5.74) is 0.609. The Kier molecular flexibility index (Phi) is 11.0. The van der Waals surface area contributed by atoms with Crippen LogP contribution in [0, 0.1) is 40.9 Å². The molecule has 0 spiro atoms. The Morgan fingerprint density at radius 2 is 1.80 bits per heavy atom. The maximum absolute atomic E-state index is 4.18. The summed E-state index contributed by atoms with van der Waals surface area (Å²) in [7, 11) is 2.15. The van der Waals surface area contributed by atoms with Crippen molar-refractivity contribution < 1.29 is 0 Å². The molecular formula is C29H55N. The molecule has 0 saturated heterocycles. The van der Waals surface area contributed by atoms with Gasteiger partial charge >= 0.3 is 0 Å². The molecule has 1 nitrogen and oxygen atoms in total. The van der Waals surface area contributed by atoms with Crippen molar-refractivity contribution in [3.63, 3.8) is 0 Å². The Morgan fingerprint density at radius 1 is 1.03 bits per heavy atom. The first-order valence-electron chi connectivity index (χ1n) is 13.6. The van der Waals surface area contributed by atoms with Crippen LogP contribution in [0.15, 0.2) is 12.7 Å². The Morgan fingerprint density at radius 3 is 2.43 bits per heavy atom. The second-order valence-electron chi connectivity index (χ2n) is 11.8. The Hall–Kier alpha value is -0.300. The highest BCUT2D eigenvalue weighted by molar-refractivity contribution is 5.04. The molecule has 2 fully saturated rings. The lowest BCUT2D eigenvalue weighted by molar-refractivity contribution is -0.00994. The van der Waals surface area contributed by atoms with Crippen LogP contribution >= 0.6 is 0 Å². The van der Waals surface area contributed by atoms with Crippen LogP contribution in [0.1, 0.15) is 118 Å². The van der Waals surface area contributed by atoms with Gasteiger partial charge in [-0.05, 0) is 106 Å². The van der Waals surface area contributed by atoms with E-state index in [1.54, 1.807) is 0 Å².